The van der Waals surface area contributed by atoms with E-state index in [9.17, 15) is 9.59 Å². The molecule has 1 aliphatic heterocycles. The largest absolute Gasteiger partial charge is 0.338 e. The summed E-state index contributed by atoms with van der Waals surface area (Å²) in [5.41, 5.74) is 4.54. The van der Waals surface area contributed by atoms with E-state index in [1.54, 1.807) is 24.0 Å². The first-order chi connectivity index (χ1) is 13.4. The molecule has 4 rings (SSSR count). The lowest BCUT2D eigenvalue weighted by atomic mass is 10.00. The van der Waals surface area contributed by atoms with Crippen LogP contribution in [0.25, 0.3) is 11.1 Å². The maximum atomic E-state index is 12.8. The molecule has 3 aromatic heterocycles. The summed E-state index contributed by atoms with van der Waals surface area (Å²) in [5, 5.41) is 4.25. The van der Waals surface area contributed by atoms with Crippen molar-refractivity contribution in [1.82, 2.24) is 24.2 Å². The van der Waals surface area contributed by atoms with Crippen LogP contribution in [-0.2, 0) is 14.1 Å². The van der Waals surface area contributed by atoms with Gasteiger partial charge in [-0.1, -0.05) is 0 Å². The molecule has 1 amide bonds. The molecule has 144 valence electrons. The molecule has 4 heterocycles. The number of pyridine rings is 2. The maximum Gasteiger partial charge on any atom is 0.255 e. The number of rotatable bonds is 3. The van der Waals surface area contributed by atoms with Gasteiger partial charge < -0.3 is 9.47 Å². The molecule has 0 bridgehead atoms. The Labute approximate surface area is 163 Å². The molecule has 0 unspecified atom stereocenters. The molecule has 1 atom stereocenters. The Morgan fingerprint density at radius 3 is 2.68 bits per heavy atom. The van der Waals surface area contributed by atoms with E-state index in [4.69, 9.17) is 4.98 Å². The van der Waals surface area contributed by atoms with Crippen molar-refractivity contribution < 1.29 is 4.79 Å². The molecule has 0 aromatic carbocycles. The summed E-state index contributed by atoms with van der Waals surface area (Å²) in [6, 6.07) is 7.20. The first kappa shape index (κ1) is 18.2. The number of aryl methyl sites for hydroxylation is 3. The Kier molecular flexibility index (Phi) is 4.58. The monoisotopic (exact) mass is 377 g/mol. The summed E-state index contributed by atoms with van der Waals surface area (Å²) >= 11 is 0. The van der Waals surface area contributed by atoms with Crippen LogP contribution in [0.5, 0.6) is 0 Å². The number of hydrogen-bond acceptors (Lipinski definition) is 4. The van der Waals surface area contributed by atoms with Gasteiger partial charge in [0, 0.05) is 68.5 Å². The fourth-order valence-electron chi connectivity index (χ4n) is 3.73. The molecule has 1 aliphatic rings. The van der Waals surface area contributed by atoms with Gasteiger partial charge in [-0.05, 0) is 37.1 Å². The maximum absolute atomic E-state index is 12.8. The van der Waals surface area contributed by atoms with Crippen molar-refractivity contribution in [1.29, 1.82) is 0 Å². The topological polar surface area (TPSA) is 73.0 Å². The normalized spacial score (nSPS) is 16.5. The molecule has 3 aromatic rings. The van der Waals surface area contributed by atoms with Crippen molar-refractivity contribution in [3.63, 3.8) is 0 Å². The third-order valence-corrected chi connectivity index (χ3v) is 5.24. The van der Waals surface area contributed by atoms with Gasteiger partial charge in [0.2, 0.25) is 5.56 Å². The molecule has 0 saturated carbocycles. The van der Waals surface area contributed by atoms with Gasteiger partial charge in [-0.15, -0.1) is 0 Å². The van der Waals surface area contributed by atoms with Crippen molar-refractivity contribution in [2.75, 3.05) is 13.1 Å². The Bertz CT molecular complexity index is 1100. The van der Waals surface area contributed by atoms with E-state index in [0.29, 0.717) is 18.7 Å². The van der Waals surface area contributed by atoms with Gasteiger partial charge >= 0.3 is 0 Å². The quantitative estimate of drug-likeness (QED) is 0.701. The fraction of sp³-hybridized carbons (Fsp3) is 0.333. The van der Waals surface area contributed by atoms with Gasteiger partial charge in [0.15, 0.2) is 0 Å². The molecular formula is C21H23N5O2. The third kappa shape index (κ3) is 3.47. The molecule has 1 fully saturated rings. The van der Waals surface area contributed by atoms with E-state index >= 15 is 0 Å². The minimum atomic E-state index is -0.122. The Morgan fingerprint density at radius 1 is 1.14 bits per heavy atom. The Morgan fingerprint density at radius 2 is 1.96 bits per heavy atom. The number of hydrogen-bond donors (Lipinski definition) is 0. The van der Waals surface area contributed by atoms with Crippen LogP contribution in [0.2, 0.25) is 0 Å². The van der Waals surface area contributed by atoms with Crippen LogP contribution in [0.1, 0.15) is 34.1 Å². The van der Waals surface area contributed by atoms with E-state index in [-0.39, 0.29) is 17.4 Å². The van der Waals surface area contributed by atoms with Gasteiger partial charge in [0.1, 0.15) is 0 Å². The van der Waals surface area contributed by atoms with Crippen LogP contribution < -0.4 is 5.56 Å². The molecule has 7 heteroatoms. The Balaban J connectivity index is 1.55. The zero-order chi connectivity index (χ0) is 19.8. The lowest BCUT2D eigenvalue weighted by Crippen LogP contribution is -2.30. The number of aromatic nitrogens is 4. The summed E-state index contributed by atoms with van der Waals surface area (Å²) in [4.78, 5) is 31.0. The van der Waals surface area contributed by atoms with Crippen LogP contribution in [0, 0.1) is 6.92 Å². The zero-order valence-corrected chi connectivity index (χ0v) is 16.3. The van der Waals surface area contributed by atoms with Gasteiger partial charge in [0.05, 0.1) is 11.8 Å². The lowest BCUT2D eigenvalue weighted by molar-refractivity contribution is 0.0789. The van der Waals surface area contributed by atoms with E-state index < -0.39 is 0 Å². The van der Waals surface area contributed by atoms with E-state index in [1.165, 1.54) is 10.6 Å². The van der Waals surface area contributed by atoms with Crippen molar-refractivity contribution in [2.24, 2.45) is 14.1 Å². The summed E-state index contributed by atoms with van der Waals surface area (Å²) < 4.78 is 3.22. The minimum Gasteiger partial charge on any atom is -0.338 e. The van der Waals surface area contributed by atoms with Crippen molar-refractivity contribution in [2.45, 2.75) is 19.3 Å². The van der Waals surface area contributed by atoms with Crippen LogP contribution in [-0.4, -0.2) is 43.2 Å². The van der Waals surface area contributed by atoms with E-state index in [2.05, 4.69) is 17.2 Å². The zero-order valence-electron chi connectivity index (χ0n) is 16.3. The van der Waals surface area contributed by atoms with Gasteiger partial charge in [-0.25, -0.2) is 0 Å². The number of carbonyl (C=O) groups is 1. The second-order valence-electron chi connectivity index (χ2n) is 7.43. The molecule has 28 heavy (non-hydrogen) atoms. The van der Waals surface area contributed by atoms with Crippen LogP contribution >= 0.6 is 0 Å². The SMILES string of the molecule is Cc1cc(-c2cnn(C)c2)cc([C@@H]2CCN(C(=O)c3ccc(=O)n(C)c3)C2)n1. The number of carbonyl (C=O) groups excluding carboxylic acids is 1. The lowest BCUT2D eigenvalue weighted by Gasteiger charge is -2.17. The van der Waals surface area contributed by atoms with Crippen molar-refractivity contribution in [3.8, 4) is 11.1 Å². The van der Waals surface area contributed by atoms with E-state index in [0.717, 1.165) is 28.9 Å². The van der Waals surface area contributed by atoms with Gasteiger partial charge in [-0.2, -0.15) is 5.10 Å². The van der Waals surface area contributed by atoms with Gasteiger partial charge in [0.25, 0.3) is 5.91 Å². The first-order valence-electron chi connectivity index (χ1n) is 9.34. The van der Waals surface area contributed by atoms with Crippen molar-refractivity contribution in [3.05, 3.63) is 70.2 Å². The van der Waals surface area contributed by atoms with Gasteiger partial charge in [-0.3, -0.25) is 19.3 Å². The summed E-state index contributed by atoms with van der Waals surface area (Å²) in [5.74, 6) is 0.157. The minimum absolute atomic E-state index is 0.0433. The smallest absolute Gasteiger partial charge is 0.255 e. The number of amides is 1. The first-order valence-corrected chi connectivity index (χ1v) is 9.34. The van der Waals surface area contributed by atoms with Crippen LogP contribution in [0.3, 0.4) is 0 Å². The fourth-order valence-corrected chi connectivity index (χ4v) is 3.73. The predicted molar refractivity (Wildman–Crippen MR) is 106 cm³/mol. The highest BCUT2D eigenvalue weighted by Crippen LogP contribution is 2.30. The molecule has 0 spiro atoms. The summed E-state index contributed by atoms with van der Waals surface area (Å²) in [6.45, 7) is 3.31. The highest BCUT2D eigenvalue weighted by Gasteiger charge is 2.29. The van der Waals surface area contributed by atoms with E-state index in [1.807, 2.05) is 31.3 Å². The van der Waals surface area contributed by atoms with Crippen LogP contribution in [0.15, 0.2) is 47.7 Å². The Hall–Kier alpha value is -3.22. The highest BCUT2D eigenvalue weighted by molar-refractivity contribution is 5.94. The number of likely N-dealkylation sites (tertiary alicyclic amines) is 1. The molecule has 1 saturated heterocycles. The molecule has 0 N–H and O–H groups in total. The average Bonchev–Trinajstić information content (AvgIpc) is 3.32. The second-order valence-corrected chi connectivity index (χ2v) is 7.43. The van der Waals surface area contributed by atoms with Crippen molar-refractivity contribution >= 4 is 5.91 Å². The standard InChI is InChI=1S/C21H23N5O2/c1-14-8-17(18-10-22-25(3)12-18)9-19(23-14)15-6-7-26(13-15)21(28)16-4-5-20(27)24(2)11-16/h4-5,8-12,15H,6-7,13H2,1-3H3/t15-/m1/s1. The molecule has 7 nitrogen and oxygen atoms in total. The summed E-state index contributed by atoms with van der Waals surface area (Å²) in [6.07, 6.45) is 6.31. The molecular weight excluding hydrogens is 354 g/mol. The third-order valence-electron chi connectivity index (χ3n) is 5.24. The van der Waals surface area contributed by atoms with Crippen LogP contribution in [0.4, 0.5) is 0 Å². The second kappa shape index (κ2) is 7.07. The average molecular weight is 377 g/mol. The molecule has 0 radical (unpaired) electrons. The summed E-state index contributed by atoms with van der Waals surface area (Å²) in [7, 11) is 3.56. The predicted octanol–water partition coefficient (Wildman–Crippen LogP) is 2.12. The number of nitrogens with zero attached hydrogens (tertiary/aromatic N) is 5. The highest BCUT2D eigenvalue weighted by atomic mass is 16.2. The molecule has 0 aliphatic carbocycles.